The summed E-state index contributed by atoms with van der Waals surface area (Å²) in [5, 5.41) is 0. The van der Waals surface area contributed by atoms with Crippen LogP contribution >= 0.6 is 0 Å². The van der Waals surface area contributed by atoms with Gasteiger partial charge < -0.3 is 0 Å². The molecule has 2 rings (SSSR count). The Morgan fingerprint density at radius 1 is 1.07 bits per heavy atom. The molecule has 0 N–H and O–H groups in total. The van der Waals surface area contributed by atoms with Gasteiger partial charge in [-0.3, -0.25) is 0 Å². The second-order valence-corrected chi connectivity index (χ2v) is 3.97. The Balaban J connectivity index is 2.11. The maximum atomic E-state index is 2.22. The van der Waals surface area contributed by atoms with Crippen molar-refractivity contribution in [3.8, 4) is 0 Å². The molecule has 76 valence electrons. The van der Waals surface area contributed by atoms with Gasteiger partial charge in [0.25, 0.3) is 0 Å². The monoisotopic (exact) mass is 196 g/mol. The van der Waals surface area contributed by atoms with Gasteiger partial charge in [0, 0.05) is 0 Å². The lowest BCUT2D eigenvalue weighted by Gasteiger charge is -2.02. The number of hydrogen-bond acceptors (Lipinski definition) is 0. The molecule has 0 heterocycles. The maximum Gasteiger partial charge on any atom is -0.00259 e. The Morgan fingerprint density at radius 3 is 2.67 bits per heavy atom. The number of hydrogen-bond donors (Lipinski definition) is 0. The molecule has 0 spiro atoms. The van der Waals surface area contributed by atoms with Gasteiger partial charge in [-0.1, -0.05) is 60.2 Å². The lowest BCUT2D eigenvalue weighted by Crippen LogP contribution is -1.87. The van der Waals surface area contributed by atoms with Crippen molar-refractivity contribution in [3.05, 3.63) is 71.3 Å². The van der Waals surface area contributed by atoms with Gasteiger partial charge in [-0.25, -0.2) is 0 Å². The third-order valence-corrected chi connectivity index (χ3v) is 2.58. The van der Waals surface area contributed by atoms with Crippen molar-refractivity contribution in [2.75, 3.05) is 0 Å². The highest BCUT2D eigenvalue weighted by Gasteiger charge is 1.96. The van der Waals surface area contributed by atoms with E-state index >= 15 is 0 Å². The Bertz CT molecular complexity index is 402. The molecule has 0 aromatic heterocycles. The predicted molar refractivity (Wildman–Crippen MR) is 65.9 cm³/mol. The average molecular weight is 196 g/mol. The molecule has 0 heteroatoms. The molecule has 0 saturated carbocycles. The lowest BCUT2D eigenvalue weighted by atomic mass is 10.0. The van der Waals surface area contributed by atoms with Crippen molar-refractivity contribution in [3.63, 3.8) is 0 Å². The van der Waals surface area contributed by atoms with E-state index in [9.17, 15) is 0 Å². The molecule has 0 amide bonds. The molecule has 0 radical (unpaired) electrons. The molecule has 0 nitrogen and oxygen atoms in total. The summed E-state index contributed by atoms with van der Waals surface area (Å²) in [5.41, 5.74) is 4.09. The molecule has 1 aromatic carbocycles. The third-order valence-electron chi connectivity index (χ3n) is 2.58. The SMILES string of the molecule is Cc1ccc(CC2=CC=CCC=C2)cc1. The summed E-state index contributed by atoms with van der Waals surface area (Å²) < 4.78 is 0. The average Bonchev–Trinajstić information content (AvgIpc) is 2.50. The summed E-state index contributed by atoms with van der Waals surface area (Å²) in [7, 11) is 0. The first-order chi connectivity index (χ1) is 7.34. The molecule has 1 aliphatic carbocycles. The minimum atomic E-state index is 1.03. The zero-order valence-electron chi connectivity index (χ0n) is 9.11. The minimum Gasteiger partial charge on any atom is -0.0807 e. The Kier molecular flexibility index (Phi) is 3.18. The van der Waals surface area contributed by atoms with Gasteiger partial charge in [0.2, 0.25) is 0 Å². The van der Waals surface area contributed by atoms with Crippen LogP contribution in [-0.4, -0.2) is 0 Å². The first-order valence-electron chi connectivity index (χ1n) is 5.42. The van der Waals surface area contributed by atoms with E-state index in [1.165, 1.54) is 16.7 Å². The molecular weight excluding hydrogens is 180 g/mol. The van der Waals surface area contributed by atoms with Crippen LogP contribution < -0.4 is 0 Å². The van der Waals surface area contributed by atoms with Crippen molar-refractivity contribution in [2.24, 2.45) is 0 Å². The maximum absolute atomic E-state index is 2.22. The van der Waals surface area contributed by atoms with Gasteiger partial charge in [-0.05, 0) is 30.9 Å². The van der Waals surface area contributed by atoms with Gasteiger partial charge in [-0.2, -0.15) is 0 Å². The standard InChI is InChI=1S/C15H16/c1-13-8-10-15(11-9-13)12-14-6-4-2-3-5-7-14/h2,4-11H,3,12H2,1H3. The lowest BCUT2D eigenvalue weighted by molar-refractivity contribution is 1.19. The van der Waals surface area contributed by atoms with Gasteiger partial charge >= 0.3 is 0 Å². The summed E-state index contributed by atoms with van der Waals surface area (Å²) in [4.78, 5) is 0. The number of benzene rings is 1. The third kappa shape index (κ3) is 2.95. The van der Waals surface area contributed by atoms with E-state index in [4.69, 9.17) is 0 Å². The van der Waals surface area contributed by atoms with E-state index in [0.717, 1.165) is 12.8 Å². The van der Waals surface area contributed by atoms with E-state index < -0.39 is 0 Å². The number of allylic oxidation sites excluding steroid dienone is 6. The van der Waals surface area contributed by atoms with E-state index in [1.807, 2.05) is 0 Å². The van der Waals surface area contributed by atoms with E-state index in [0.29, 0.717) is 0 Å². The highest BCUT2D eigenvalue weighted by molar-refractivity contribution is 5.33. The van der Waals surface area contributed by atoms with Crippen LogP contribution in [0.4, 0.5) is 0 Å². The molecule has 15 heavy (non-hydrogen) atoms. The fourth-order valence-electron chi connectivity index (χ4n) is 1.68. The molecule has 1 aliphatic rings. The zero-order valence-corrected chi connectivity index (χ0v) is 9.11. The second kappa shape index (κ2) is 4.79. The predicted octanol–water partition coefficient (Wildman–Crippen LogP) is 3.98. The van der Waals surface area contributed by atoms with Crippen molar-refractivity contribution in [1.82, 2.24) is 0 Å². The van der Waals surface area contributed by atoms with Gasteiger partial charge in [0.15, 0.2) is 0 Å². The molecule has 0 atom stereocenters. The van der Waals surface area contributed by atoms with Crippen LogP contribution in [-0.2, 0) is 6.42 Å². The molecule has 0 unspecified atom stereocenters. The zero-order chi connectivity index (χ0) is 10.5. The normalized spacial score (nSPS) is 14.9. The number of aryl methyl sites for hydroxylation is 1. The Labute approximate surface area is 91.6 Å². The molecule has 0 bridgehead atoms. The Morgan fingerprint density at radius 2 is 1.87 bits per heavy atom. The smallest absolute Gasteiger partial charge is 0.00259 e. The van der Waals surface area contributed by atoms with E-state index in [1.54, 1.807) is 0 Å². The van der Waals surface area contributed by atoms with Crippen LogP contribution in [0.3, 0.4) is 0 Å². The van der Waals surface area contributed by atoms with E-state index in [-0.39, 0.29) is 0 Å². The fraction of sp³-hybridized carbons (Fsp3) is 0.200. The van der Waals surface area contributed by atoms with E-state index in [2.05, 4.69) is 61.6 Å². The van der Waals surface area contributed by atoms with Crippen LogP contribution in [0.1, 0.15) is 17.5 Å². The highest BCUT2D eigenvalue weighted by Crippen LogP contribution is 2.13. The number of rotatable bonds is 2. The highest BCUT2D eigenvalue weighted by atomic mass is 14.0. The van der Waals surface area contributed by atoms with Crippen molar-refractivity contribution < 1.29 is 0 Å². The van der Waals surface area contributed by atoms with Crippen molar-refractivity contribution >= 4 is 0 Å². The largest absolute Gasteiger partial charge is 0.0807 e. The van der Waals surface area contributed by atoms with Crippen molar-refractivity contribution in [2.45, 2.75) is 19.8 Å². The van der Waals surface area contributed by atoms with Crippen LogP contribution in [0, 0.1) is 6.92 Å². The minimum absolute atomic E-state index is 1.03. The summed E-state index contributed by atoms with van der Waals surface area (Å²) in [5.74, 6) is 0. The first-order valence-corrected chi connectivity index (χ1v) is 5.42. The fourth-order valence-corrected chi connectivity index (χ4v) is 1.68. The molecule has 0 fully saturated rings. The van der Waals surface area contributed by atoms with Gasteiger partial charge in [-0.15, -0.1) is 0 Å². The van der Waals surface area contributed by atoms with Crippen LogP contribution in [0.2, 0.25) is 0 Å². The quantitative estimate of drug-likeness (QED) is 0.671. The molecule has 1 aromatic rings. The molecular formula is C15H16. The van der Waals surface area contributed by atoms with Gasteiger partial charge in [0.05, 0.1) is 0 Å². The van der Waals surface area contributed by atoms with Crippen LogP contribution in [0.5, 0.6) is 0 Å². The summed E-state index contributed by atoms with van der Waals surface area (Å²) in [6.45, 7) is 2.12. The second-order valence-electron chi connectivity index (χ2n) is 3.97. The topological polar surface area (TPSA) is 0 Å². The molecule has 0 aliphatic heterocycles. The Hall–Kier alpha value is -1.56. The van der Waals surface area contributed by atoms with Gasteiger partial charge in [0.1, 0.15) is 0 Å². The van der Waals surface area contributed by atoms with Crippen LogP contribution in [0.15, 0.2) is 60.2 Å². The summed E-state index contributed by atoms with van der Waals surface area (Å²) in [6, 6.07) is 8.76. The van der Waals surface area contributed by atoms with Crippen LogP contribution in [0.25, 0.3) is 0 Å². The van der Waals surface area contributed by atoms with Crippen molar-refractivity contribution in [1.29, 1.82) is 0 Å². The summed E-state index contributed by atoms with van der Waals surface area (Å²) in [6.07, 6.45) is 13.0. The summed E-state index contributed by atoms with van der Waals surface area (Å²) >= 11 is 0. The first kappa shape index (κ1) is 9.97. The molecule has 0 saturated heterocycles.